The summed E-state index contributed by atoms with van der Waals surface area (Å²) in [4.78, 5) is 28.4. The fourth-order valence-corrected chi connectivity index (χ4v) is 3.84. The second-order valence-corrected chi connectivity index (χ2v) is 7.55. The smallest absolute Gasteiger partial charge is 0.355 e. The zero-order valence-corrected chi connectivity index (χ0v) is 15.8. The van der Waals surface area contributed by atoms with Crippen LogP contribution in [0.5, 0.6) is 0 Å². The molecular weight excluding hydrogens is 371 g/mol. The summed E-state index contributed by atoms with van der Waals surface area (Å²) < 4.78 is 38.7. The molecule has 0 aliphatic carbocycles. The summed E-state index contributed by atoms with van der Waals surface area (Å²) in [6.45, 7) is 3.87. The summed E-state index contributed by atoms with van der Waals surface area (Å²) in [5.41, 5.74) is -0.316. The van der Waals surface area contributed by atoms with Gasteiger partial charge < -0.3 is 15.1 Å². The molecule has 0 aromatic heterocycles. The molecule has 2 amide bonds. The summed E-state index contributed by atoms with van der Waals surface area (Å²) in [5, 5.41) is 2.94. The predicted molar refractivity (Wildman–Crippen MR) is 98.3 cm³/mol. The van der Waals surface area contributed by atoms with Gasteiger partial charge in [0, 0.05) is 32.6 Å². The monoisotopic (exact) mass is 397 g/mol. The molecule has 1 unspecified atom stereocenters. The molecule has 1 aromatic carbocycles. The number of piperidine rings is 1. The number of likely N-dealkylation sites (tertiary alicyclic amines) is 2. The van der Waals surface area contributed by atoms with Crippen LogP contribution in [0.15, 0.2) is 24.3 Å². The van der Waals surface area contributed by atoms with E-state index in [1.807, 2.05) is 0 Å². The van der Waals surface area contributed by atoms with Crippen LogP contribution < -0.4 is 5.32 Å². The van der Waals surface area contributed by atoms with E-state index >= 15 is 0 Å². The van der Waals surface area contributed by atoms with Crippen LogP contribution in [0.3, 0.4) is 0 Å². The van der Waals surface area contributed by atoms with E-state index in [0.29, 0.717) is 18.5 Å². The standard InChI is InChI=1S/C20H26F3N3O2/c21-20(22,23)17-5-3-4-15(12-17)13-26-14-16(6-7-18(26)27)19(28)24-8-11-25-9-1-2-10-25/h3-5,12,16H,1-2,6-11,13-14H2,(H,24,28). The highest BCUT2D eigenvalue weighted by Gasteiger charge is 2.32. The van der Waals surface area contributed by atoms with Gasteiger partial charge in [0.1, 0.15) is 0 Å². The number of rotatable bonds is 6. The Morgan fingerprint density at radius 2 is 1.96 bits per heavy atom. The van der Waals surface area contributed by atoms with E-state index < -0.39 is 11.7 Å². The van der Waals surface area contributed by atoms with Crippen LogP contribution in [0.1, 0.15) is 36.8 Å². The van der Waals surface area contributed by atoms with Gasteiger partial charge in [-0.2, -0.15) is 13.2 Å². The van der Waals surface area contributed by atoms with E-state index in [-0.39, 0.29) is 37.2 Å². The normalized spacial score (nSPS) is 21.2. The molecule has 3 rings (SSSR count). The second kappa shape index (κ2) is 8.94. The van der Waals surface area contributed by atoms with E-state index in [0.717, 1.165) is 31.8 Å². The highest BCUT2D eigenvalue weighted by atomic mass is 19.4. The quantitative estimate of drug-likeness (QED) is 0.803. The summed E-state index contributed by atoms with van der Waals surface area (Å²) in [6, 6.07) is 4.99. The number of benzene rings is 1. The van der Waals surface area contributed by atoms with Crippen LogP contribution in [0.4, 0.5) is 13.2 Å². The summed E-state index contributed by atoms with van der Waals surface area (Å²) >= 11 is 0. The van der Waals surface area contributed by atoms with Crippen molar-refractivity contribution >= 4 is 11.8 Å². The van der Waals surface area contributed by atoms with Gasteiger partial charge in [-0.3, -0.25) is 9.59 Å². The van der Waals surface area contributed by atoms with Gasteiger partial charge in [0.05, 0.1) is 11.5 Å². The Bertz CT molecular complexity index is 702. The van der Waals surface area contributed by atoms with Crippen LogP contribution in [0.25, 0.3) is 0 Å². The molecular formula is C20H26F3N3O2. The van der Waals surface area contributed by atoms with Crippen molar-refractivity contribution in [2.75, 3.05) is 32.7 Å². The molecule has 0 radical (unpaired) electrons. The van der Waals surface area contributed by atoms with Crippen molar-refractivity contribution in [2.45, 2.75) is 38.4 Å². The average molecular weight is 397 g/mol. The number of amides is 2. The van der Waals surface area contributed by atoms with E-state index in [2.05, 4.69) is 10.2 Å². The zero-order chi connectivity index (χ0) is 20.1. The van der Waals surface area contributed by atoms with Crippen LogP contribution in [-0.2, 0) is 22.3 Å². The van der Waals surface area contributed by atoms with Crippen molar-refractivity contribution in [2.24, 2.45) is 5.92 Å². The van der Waals surface area contributed by atoms with Gasteiger partial charge in [-0.15, -0.1) is 0 Å². The van der Waals surface area contributed by atoms with Gasteiger partial charge in [0.25, 0.3) is 0 Å². The molecule has 1 aromatic rings. The lowest BCUT2D eigenvalue weighted by Crippen LogP contribution is -2.46. The maximum Gasteiger partial charge on any atom is 0.416 e. The largest absolute Gasteiger partial charge is 0.416 e. The number of nitrogens with zero attached hydrogens (tertiary/aromatic N) is 2. The minimum atomic E-state index is -4.42. The van der Waals surface area contributed by atoms with Gasteiger partial charge in [0.2, 0.25) is 11.8 Å². The fourth-order valence-electron chi connectivity index (χ4n) is 3.84. The van der Waals surface area contributed by atoms with Crippen molar-refractivity contribution in [1.82, 2.24) is 15.1 Å². The van der Waals surface area contributed by atoms with Gasteiger partial charge in [0.15, 0.2) is 0 Å². The Balaban J connectivity index is 1.53. The lowest BCUT2D eigenvalue weighted by molar-refractivity contribution is -0.139. The molecule has 2 aliphatic heterocycles. The van der Waals surface area contributed by atoms with E-state index in [9.17, 15) is 22.8 Å². The first-order valence-corrected chi connectivity index (χ1v) is 9.77. The SMILES string of the molecule is O=C(NCCN1CCCC1)C1CCC(=O)N(Cc2cccc(C(F)(F)F)c2)C1. The first-order chi connectivity index (χ1) is 13.3. The summed E-state index contributed by atoms with van der Waals surface area (Å²) in [6.07, 6.45) is -1.30. The third kappa shape index (κ3) is 5.47. The maximum atomic E-state index is 12.9. The van der Waals surface area contributed by atoms with E-state index in [4.69, 9.17) is 0 Å². The second-order valence-electron chi connectivity index (χ2n) is 7.55. The van der Waals surface area contributed by atoms with Gasteiger partial charge in [-0.05, 0) is 50.0 Å². The lowest BCUT2D eigenvalue weighted by Gasteiger charge is -2.32. The maximum absolute atomic E-state index is 12.9. The minimum Gasteiger partial charge on any atom is -0.355 e. The Labute approximate surface area is 162 Å². The fraction of sp³-hybridized carbons (Fsp3) is 0.600. The third-order valence-corrected chi connectivity index (χ3v) is 5.42. The molecule has 1 atom stereocenters. The van der Waals surface area contributed by atoms with Crippen LogP contribution >= 0.6 is 0 Å². The number of halogens is 3. The molecule has 1 N–H and O–H groups in total. The molecule has 0 bridgehead atoms. The number of hydrogen-bond acceptors (Lipinski definition) is 3. The molecule has 28 heavy (non-hydrogen) atoms. The topological polar surface area (TPSA) is 52.7 Å². The van der Waals surface area contributed by atoms with Crippen molar-refractivity contribution in [1.29, 1.82) is 0 Å². The number of carbonyl (C=O) groups excluding carboxylic acids is 2. The first kappa shape index (κ1) is 20.6. The number of alkyl halides is 3. The molecule has 0 saturated carbocycles. The molecule has 2 fully saturated rings. The summed E-state index contributed by atoms with van der Waals surface area (Å²) in [7, 11) is 0. The Morgan fingerprint density at radius 1 is 1.21 bits per heavy atom. The first-order valence-electron chi connectivity index (χ1n) is 9.77. The van der Waals surface area contributed by atoms with Crippen molar-refractivity contribution < 1.29 is 22.8 Å². The highest BCUT2D eigenvalue weighted by Crippen LogP contribution is 2.30. The van der Waals surface area contributed by atoms with Gasteiger partial charge in [-0.25, -0.2) is 0 Å². The van der Waals surface area contributed by atoms with Crippen LogP contribution in [-0.4, -0.2) is 54.3 Å². The molecule has 0 spiro atoms. The van der Waals surface area contributed by atoms with Crippen molar-refractivity contribution in [3.63, 3.8) is 0 Å². The number of hydrogen-bond donors (Lipinski definition) is 1. The van der Waals surface area contributed by atoms with Crippen molar-refractivity contribution in [3.05, 3.63) is 35.4 Å². The van der Waals surface area contributed by atoms with Crippen molar-refractivity contribution in [3.8, 4) is 0 Å². The predicted octanol–water partition coefficient (Wildman–Crippen LogP) is 2.66. The molecule has 5 nitrogen and oxygen atoms in total. The molecule has 8 heteroatoms. The zero-order valence-electron chi connectivity index (χ0n) is 15.8. The molecule has 2 aliphatic rings. The van der Waals surface area contributed by atoms with Gasteiger partial charge >= 0.3 is 6.18 Å². The lowest BCUT2D eigenvalue weighted by atomic mass is 9.96. The Morgan fingerprint density at radius 3 is 2.68 bits per heavy atom. The minimum absolute atomic E-state index is 0.0826. The number of nitrogens with one attached hydrogen (secondary N) is 1. The Kier molecular flexibility index (Phi) is 6.59. The molecule has 154 valence electrons. The Hall–Kier alpha value is -2.09. The van der Waals surface area contributed by atoms with Crippen LogP contribution in [0.2, 0.25) is 0 Å². The highest BCUT2D eigenvalue weighted by molar-refractivity contribution is 5.83. The molecule has 2 saturated heterocycles. The van der Waals surface area contributed by atoms with Crippen LogP contribution in [0, 0.1) is 5.92 Å². The third-order valence-electron chi connectivity index (χ3n) is 5.42. The van der Waals surface area contributed by atoms with Gasteiger partial charge in [-0.1, -0.05) is 12.1 Å². The van der Waals surface area contributed by atoms with E-state index in [1.165, 1.54) is 23.8 Å². The van der Waals surface area contributed by atoms with E-state index in [1.54, 1.807) is 6.07 Å². The summed E-state index contributed by atoms with van der Waals surface area (Å²) in [5.74, 6) is -0.527. The molecule has 2 heterocycles. The average Bonchev–Trinajstić information content (AvgIpc) is 3.16. The number of carbonyl (C=O) groups is 2.